The molecule has 1 aromatic carbocycles. The van der Waals surface area contributed by atoms with Gasteiger partial charge in [-0.25, -0.2) is 4.79 Å². The van der Waals surface area contributed by atoms with E-state index >= 15 is 0 Å². The Morgan fingerprint density at radius 2 is 1.83 bits per heavy atom. The lowest BCUT2D eigenvalue weighted by atomic mass is 10.1. The number of hydrogen-bond acceptors (Lipinski definition) is 5. The highest BCUT2D eigenvalue weighted by Crippen LogP contribution is 2.28. The third-order valence-electron chi connectivity index (χ3n) is 5.27. The van der Waals surface area contributed by atoms with Crippen LogP contribution >= 0.6 is 0 Å². The van der Waals surface area contributed by atoms with E-state index in [0.29, 0.717) is 26.2 Å². The zero-order chi connectivity index (χ0) is 21.9. The maximum atomic E-state index is 12.6. The molecular formula is C21H32N4O5. The Kier molecular flexibility index (Phi) is 9.24. The standard InChI is InChI=1S/C20H30N4O3.CH2O2/c1-3-27-19-9-5-4-8-18(19)22-11-13-23(14-12-22)20(26)21-17-7-6-10-24(15-17)16(2)25;2-1-3/h4-5,8-9,17H,3,6-7,10-15H2,1-2H3,(H,21,26);1H,(H,2,3). The quantitative estimate of drug-likeness (QED) is 0.718. The van der Waals surface area contributed by atoms with E-state index in [1.165, 1.54) is 0 Å². The fourth-order valence-corrected chi connectivity index (χ4v) is 3.79. The molecule has 1 aromatic rings. The topological polar surface area (TPSA) is 102 Å². The van der Waals surface area contributed by atoms with Gasteiger partial charge in [-0.05, 0) is 31.9 Å². The van der Waals surface area contributed by atoms with Crippen LogP contribution in [0.2, 0.25) is 0 Å². The summed E-state index contributed by atoms with van der Waals surface area (Å²) in [5.41, 5.74) is 1.09. The molecule has 0 aromatic heterocycles. The van der Waals surface area contributed by atoms with Crippen molar-refractivity contribution in [3.8, 4) is 5.75 Å². The van der Waals surface area contributed by atoms with Gasteiger partial charge in [0.1, 0.15) is 5.75 Å². The maximum Gasteiger partial charge on any atom is 0.317 e. The van der Waals surface area contributed by atoms with Crippen LogP contribution in [0.15, 0.2) is 24.3 Å². The van der Waals surface area contributed by atoms with Gasteiger partial charge in [-0.3, -0.25) is 9.59 Å². The summed E-state index contributed by atoms with van der Waals surface area (Å²) in [6.45, 7) is 8.27. The number of piperazine rings is 1. The Morgan fingerprint density at radius 1 is 1.17 bits per heavy atom. The van der Waals surface area contributed by atoms with Gasteiger partial charge in [0, 0.05) is 52.2 Å². The number of anilines is 1. The molecule has 0 spiro atoms. The normalized spacial score (nSPS) is 18.7. The van der Waals surface area contributed by atoms with Crippen molar-refractivity contribution in [3.05, 3.63) is 24.3 Å². The number of nitrogens with zero attached hydrogens (tertiary/aromatic N) is 3. The van der Waals surface area contributed by atoms with Crippen LogP contribution in [0, 0.1) is 0 Å². The molecule has 2 N–H and O–H groups in total. The predicted octanol–water partition coefficient (Wildman–Crippen LogP) is 1.63. The van der Waals surface area contributed by atoms with E-state index in [4.69, 9.17) is 14.6 Å². The van der Waals surface area contributed by atoms with E-state index < -0.39 is 0 Å². The monoisotopic (exact) mass is 420 g/mol. The Balaban J connectivity index is 0.00000101. The summed E-state index contributed by atoms with van der Waals surface area (Å²) in [7, 11) is 0. The van der Waals surface area contributed by atoms with Gasteiger partial charge >= 0.3 is 6.03 Å². The second-order valence-corrected chi connectivity index (χ2v) is 7.23. The highest BCUT2D eigenvalue weighted by Gasteiger charge is 2.27. The van der Waals surface area contributed by atoms with E-state index in [2.05, 4.69) is 16.3 Å². The second-order valence-electron chi connectivity index (χ2n) is 7.23. The zero-order valence-electron chi connectivity index (χ0n) is 17.7. The first-order valence-corrected chi connectivity index (χ1v) is 10.4. The van der Waals surface area contributed by atoms with Crippen LogP contribution in [-0.2, 0) is 9.59 Å². The Labute approximate surface area is 177 Å². The van der Waals surface area contributed by atoms with E-state index in [9.17, 15) is 9.59 Å². The molecule has 0 bridgehead atoms. The predicted molar refractivity (Wildman–Crippen MR) is 114 cm³/mol. The number of nitrogens with one attached hydrogen (secondary N) is 1. The van der Waals surface area contributed by atoms with Gasteiger partial charge in [0.05, 0.1) is 12.3 Å². The largest absolute Gasteiger partial charge is 0.492 e. The first-order valence-electron chi connectivity index (χ1n) is 10.4. The molecule has 0 radical (unpaired) electrons. The average Bonchev–Trinajstić information content (AvgIpc) is 2.75. The number of carbonyl (C=O) groups is 3. The summed E-state index contributed by atoms with van der Waals surface area (Å²) in [4.78, 5) is 38.5. The van der Waals surface area contributed by atoms with Crippen molar-refractivity contribution in [2.75, 3.05) is 50.8 Å². The molecule has 2 fully saturated rings. The third-order valence-corrected chi connectivity index (χ3v) is 5.27. The van der Waals surface area contributed by atoms with Crippen LogP contribution in [0.1, 0.15) is 26.7 Å². The lowest BCUT2D eigenvalue weighted by Gasteiger charge is -2.38. The minimum absolute atomic E-state index is 0.0249. The number of para-hydroxylation sites is 2. The van der Waals surface area contributed by atoms with E-state index in [1.807, 2.05) is 34.9 Å². The van der Waals surface area contributed by atoms with Crippen molar-refractivity contribution >= 4 is 24.1 Å². The fourth-order valence-electron chi connectivity index (χ4n) is 3.79. The van der Waals surface area contributed by atoms with Gasteiger partial charge in [-0.2, -0.15) is 0 Å². The van der Waals surface area contributed by atoms with Crippen molar-refractivity contribution in [3.63, 3.8) is 0 Å². The minimum Gasteiger partial charge on any atom is -0.492 e. The third kappa shape index (κ3) is 6.53. The van der Waals surface area contributed by atoms with Crippen molar-refractivity contribution in [2.45, 2.75) is 32.7 Å². The average molecular weight is 421 g/mol. The lowest BCUT2D eigenvalue weighted by Crippen LogP contribution is -2.56. The first kappa shape index (κ1) is 23.3. The molecule has 9 heteroatoms. The Morgan fingerprint density at radius 3 is 2.47 bits per heavy atom. The molecular weight excluding hydrogens is 388 g/mol. The van der Waals surface area contributed by atoms with Gasteiger partial charge in [-0.1, -0.05) is 12.1 Å². The SMILES string of the molecule is CCOc1ccccc1N1CCN(C(=O)NC2CCCN(C(C)=O)C2)CC1.O=CO. The first-order chi connectivity index (χ1) is 14.5. The molecule has 0 saturated carbocycles. The number of benzene rings is 1. The van der Waals surface area contributed by atoms with Crippen LogP contribution < -0.4 is 15.0 Å². The fraction of sp³-hybridized carbons (Fsp3) is 0.571. The van der Waals surface area contributed by atoms with Gasteiger partial charge in [-0.15, -0.1) is 0 Å². The summed E-state index contributed by atoms with van der Waals surface area (Å²) in [6.07, 6.45) is 1.86. The maximum absolute atomic E-state index is 12.6. The van der Waals surface area contributed by atoms with Crippen molar-refractivity contribution in [1.82, 2.24) is 15.1 Å². The number of piperidine rings is 1. The van der Waals surface area contributed by atoms with Crippen LogP contribution in [0.25, 0.3) is 0 Å². The number of amides is 3. The molecule has 0 aliphatic carbocycles. The number of hydrogen-bond donors (Lipinski definition) is 2. The summed E-state index contributed by atoms with van der Waals surface area (Å²) in [5, 5.41) is 10.00. The van der Waals surface area contributed by atoms with Crippen molar-refractivity contribution in [2.24, 2.45) is 0 Å². The molecule has 9 nitrogen and oxygen atoms in total. The highest BCUT2D eigenvalue weighted by atomic mass is 16.5. The van der Waals surface area contributed by atoms with Crippen molar-refractivity contribution < 1.29 is 24.2 Å². The van der Waals surface area contributed by atoms with Crippen LogP contribution in [0.5, 0.6) is 5.75 Å². The van der Waals surface area contributed by atoms with Crippen molar-refractivity contribution in [1.29, 1.82) is 0 Å². The van der Waals surface area contributed by atoms with Crippen LogP contribution in [0.4, 0.5) is 10.5 Å². The number of ether oxygens (including phenoxy) is 1. The Bertz CT molecular complexity index is 706. The molecule has 2 heterocycles. The van der Waals surface area contributed by atoms with Gasteiger partial charge in [0.15, 0.2) is 0 Å². The number of urea groups is 1. The summed E-state index contributed by atoms with van der Waals surface area (Å²) in [5.74, 6) is 0.972. The summed E-state index contributed by atoms with van der Waals surface area (Å²) < 4.78 is 5.73. The zero-order valence-corrected chi connectivity index (χ0v) is 17.7. The highest BCUT2D eigenvalue weighted by molar-refractivity contribution is 5.76. The Hall–Kier alpha value is -2.97. The molecule has 3 rings (SSSR count). The van der Waals surface area contributed by atoms with Gasteiger partial charge in [0.2, 0.25) is 5.91 Å². The van der Waals surface area contributed by atoms with E-state index in [-0.39, 0.29) is 24.5 Å². The lowest BCUT2D eigenvalue weighted by molar-refractivity contribution is -0.130. The molecule has 166 valence electrons. The molecule has 1 unspecified atom stereocenters. The van der Waals surface area contributed by atoms with E-state index in [1.54, 1.807) is 6.92 Å². The van der Waals surface area contributed by atoms with Gasteiger partial charge in [0.25, 0.3) is 6.47 Å². The summed E-state index contributed by atoms with van der Waals surface area (Å²) >= 11 is 0. The van der Waals surface area contributed by atoms with Gasteiger partial charge < -0.3 is 29.9 Å². The second kappa shape index (κ2) is 11.9. The molecule has 2 aliphatic rings. The van der Waals surface area contributed by atoms with Crippen LogP contribution in [0.3, 0.4) is 0 Å². The number of likely N-dealkylation sites (tertiary alicyclic amines) is 1. The van der Waals surface area contributed by atoms with E-state index in [0.717, 1.165) is 43.9 Å². The smallest absolute Gasteiger partial charge is 0.317 e. The van der Waals surface area contributed by atoms with Crippen LogP contribution in [-0.4, -0.2) is 85.2 Å². The molecule has 2 saturated heterocycles. The number of rotatable bonds is 4. The molecule has 30 heavy (non-hydrogen) atoms. The molecule has 2 aliphatic heterocycles. The summed E-state index contributed by atoms with van der Waals surface area (Å²) in [6, 6.07) is 8.07. The molecule has 1 atom stereocenters. The number of carboxylic acid groups (broad SMARTS) is 1. The number of carbonyl (C=O) groups excluding carboxylic acids is 2. The molecule has 3 amide bonds. The minimum atomic E-state index is -0.250.